The van der Waals surface area contributed by atoms with Gasteiger partial charge in [-0.15, -0.1) is 0 Å². The topological polar surface area (TPSA) is 82.6 Å². The van der Waals surface area contributed by atoms with Gasteiger partial charge in [0.25, 0.3) is 6.10 Å². The maximum atomic E-state index is 13.5. The van der Waals surface area contributed by atoms with Gasteiger partial charge in [-0.3, -0.25) is 4.90 Å². The number of hydrogen-bond acceptors (Lipinski definition) is 6. The van der Waals surface area contributed by atoms with E-state index in [1.807, 2.05) is 0 Å². The summed E-state index contributed by atoms with van der Waals surface area (Å²) >= 11 is 0. The van der Waals surface area contributed by atoms with Crippen LogP contribution < -0.4 is 4.90 Å². The number of benzene rings is 1. The lowest BCUT2D eigenvalue weighted by Crippen LogP contribution is -2.54. The quantitative estimate of drug-likeness (QED) is 0.459. The average Bonchev–Trinajstić information content (AvgIpc) is 2.85. The minimum absolute atomic E-state index is 0.0321. The van der Waals surface area contributed by atoms with Crippen molar-refractivity contribution in [3.05, 3.63) is 29.3 Å². The first kappa shape index (κ1) is 32.6. The molecule has 0 spiro atoms. The zero-order valence-corrected chi connectivity index (χ0v) is 21.9. The summed E-state index contributed by atoms with van der Waals surface area (Å²) in [5, 5.41) is 9.31. The summed E-state index contributed by atoms with van der Waals surface area (Å²) in [6.07, 6.45) is -23.4. The van der Waals surface area contributed by atoms with Crippen LogP contribution in [0.15, 0.2) is 18.2 Å². The fourth-order valence-electron chi connectivity index (χ4n) is 4.68. The summed E-state index contributed by atoms with van der Waals surface area (Å²) in [4.78, 5) is 27.5. The largest absolute Gasteiger partial charge is 0.479 e. The maximum Gasteiger partial charge on any atom is 0.434 e. The average molecular weight is 609 g/mol. The van der Waals surface area contributed by atoms with Crippen LogP contribution in [0.25, 0.3) is 0 Å². The number of nitrogens with zero attached hydrogens (tertiary/aromatic N) is 3. The summed E-state index contributed by atoms with van der Waals surface area (Å²) in [6.45, 7) is 1.25. The van der Waals surface area contributed by atoms with Crippen LogP contribution in [0.1, 0.15) is 30.9 Å². The highest BCUT2D eigenvalue weighted by molar-refractivity contribution is 5.74. The second-order valence-corrected chi connectivity index (χ2v) is 10.2. The molecule has 2 fully saturated rings. The number of likely N-dealkylation sites (tertiary alicyclic amines) is 1. The zero-order valence-electron chi connectivity index (χ0n) is 21.9. The van der Waals surface area contributed by atoms with Gasteiger partial charge in [-0.2, -0.15) is 39.5 Å². The van der Waals surface area contributed by atoms with Gasteiger partial charge >= 0.3 is 30.6 Å². The molecule has 1 amide bonds. The monoisotopic (exact) mass is 609 g/mol. The SMILES string of the molecule is CN(Cc1ccc(C(F)(F)F)cc1N1CCOC(C(=O)O)C1)C1(C)CCN(C(=O)OC(C(F)(F)F)C(F)(F)F)CC1. The molecule has 2 saturated heterocycles. The molecule has 0 aromatic heterocycles. The molecule has 0 saturated carbocycles. The number of carboxylic acid groups (broad SMARTS) is 1. The van der Waals surface area contributed by atoms with E-state index in [1.54, 1.807) is 18.9 Å². The summed E-state index contributed by atoms with van der Waals surface area (Å²) in [6, 6.07) is 3.08. The molecule has 232 valence electrons. The third-order valence-corrected chi connectivity index (χ3v) is 7.34. The number of hydrogen-bond donors (Lipinski definition) is 1. The molecular weight excluding hydrogens is 581 g/mol. The van der Waals surface area contributed by atoms with Crippen molar-refractivity contribution in [2.24, 2.45) is 0 Å². The van der Waals surface area contributed by atoms with Crippen molar-refractivity contribution in [2.75, 3.05) is 44.7 Å². The Morgan fingerprint density at radius 3 is 2.17 bits per heavy atom. The van der Waals surface area contributed by atoms with E-state index in [1.165, 1.54) is 11.0 Å². The molecule has 0 bridgehead atoms. The Labute approximate surface area is 228 Å². The lowest BCUT2D eigenvalue weighted by molar-refractivity contribution is -0.308. The van der Waals surface area contributed by atoms with Crippen molar-refractivity contribution < 1.29 is 63.7 Å². The predicted octanol–water partition coefficient (Wildman–Crippen LogP) is 4.91. The molecule has 1 aromatic carbocycles. The zero-order chi connectivity index (χ0) is 31.0. The van der Waals surface area contributed by atoms with Gasteiger partial charge in [0.1, 0.15) is 0 Å². The Kier molecular flexibility index (Phi) is 9.32. The molecule has 1 N–H and O–H groups in total. The Hall–Kier alpha value is -2.95. The Morgan fingerprint density at radius 1 is 1.07 bits per heavy atom. The van der Waals surface area contributed by atoms with Gasteiger partial charge < -0.3 is 24.4 Å². The van der Waals surface area contributed by atoms with Crippen LogP contribution in [-0.2, 0) is 27.0 Å². The highest BCUT2D eigenvalue weighted by atomic mass is 19.4. The number of ether oxygens (including phenoxy) is 2. The first-order chi connectivity index (χ1) is 18.7. The molecule has 0 radical (unpaired) electrons. The normalized spacial score (nSPS) is 20.5. The van der Waals surface area contributed by atoms with Gasteiger partial charge in [0.2, 0.25) is 0 Å². The second kappa shape index (κ2) is 11.7. The second-order valence-electron chi connectivity index (χ2n) is 10.2. The van der Waals surface area contributed by atoms with Gasteiger partial charge in [0, 0.05) is 37.4 Å². The molecule has 8 nitrogen and oxygen atoms in total. The van der Waals surface area contributed by atoms with Crippen LogP contribution in [0.4, 0.5) is 50.0 Å². The molecule has 2 aliphatic heterocycles. The standard InChI is InChI=1S/C24H28F9N3O5/c1-21(5-7-35(8-6-21)20(39)41-19(23(28,29)30)24(31,32)33)34(2)12-14-3-4-15(22(25,26)27)11-16(14)36-9-10-40-17(13-36)18(37)38/h3-4,11,17,19H,5-10,12-13H2,1-2H3,(H,37,38). The fraction of sp³-hybridized carbons (Fsp3) is 0.667. The third kappa shape index (κ3) is 7.87. The first-order valence-corrected chi connectivity index (χ1v) is 12.3. The van der Waals surface area contributed by atoms with Crippen LogP contribution in [-0.4, -0.2) is 96.9 Å². The number of carboxylic acids is 1. The van der Waals surface area contributed by atoms with Crippen LogP contribution in [0, 0.1) is 0 Å². The van der Waals surface area contributed by atoms with Crippen LogP contribution in [0.5, 0.6) is 0 Å². The molecule has 3 rings (SSSR count). The molecule has 41 heavy (non-hydrogen) atoms. The van der Waals surface area contributed by atoms with E-state index in [0.29, 0.717) is 5.56 Å². The molecule has 0 aliphatic carbocycles. The molecule has 17 heteroatoms. The molecule has 2 heterocycles. The van der Waals surface area contributed by atoms with E-state index in [4.69, 9.17) is 4.74 Å². The van der Waals surface area contributed by atoms with E-state index in [-0.39, 0.29) is 57.9 Å². The molecular formula is C24H28F9N3O5. The smallest absolute Gasteiger partial charge is 0.434 e. The number of rotatable bonds is 6. The summed E-state index contributed by atoms with van der Waals surface area (Å²) in [7, 11) is 1.64. The number of aliphatic carboxylic acids is 1. The number of anilines is 1. The number of morpholine rings is 1. The van der Waals surface area contributed by atoms with Crippen molar-refractivity contribution in [1.82, 2.24) is 9.80 Å². The van der Waals surface area contributed by atoms with Crippen molar-refractivity contribution in [1.29, 1.82) is 0 Å². The minimum Gasteiger partial charge on any atom is -0.479 e. The Balaban J connectivity index is 1.74. The van der Waals surface area contributed by atoms with E-state index in [0.717, 1.165) is 17.0 Å². The predicted molar refractivity (Wildman–Crippen MR) is 124 cm³/mol. The van der Waals surface area contributed by atoms with Crippen molar-refractivity contribution in [3.8, 4) is 0 Å². The van der Waals surface area contributed by atoms with Gasteiger partial charge in [0.15, 0.2) is 6.10 Å². The number of alkyl halides is 9. The van der Waals surface area contributed by atoms with E-state index < -0.39 is 53.9 Å². The highest BCUT2D eigenvalue weighted by Gasteiger charge is 2.60. The minimum atomic E-state index is -5.84. The molecule has 1 aromatic rings. The number of carbonyl (C=O) groups is 2. The number of piperidine rings is 1. The van der Waals surface area contributed by atoms with E-state index >= 15 is 0 Å². The molecule has 2 aliphatic rings. The summed E-state index contributed by atoms with van der Waals surface area (Å²) < 4.78 is 126. The lowest BCUT2D eigenvalue weighted by atomic mass is 9.87. The third-order valence-electron chi connectivity index (χ3n) is 7.34. The number of carbonyl (C=O) groups excluding carboxylic acids is 1. The van der Waals surface area contributed by atoms with Crippen molar-refractivity contribution in [2.45, 2.75) is 62.6 Å². The summed E-state index contributed by atoms with van der Waals surface area (Å²) in [5.41, 5.74) is -1.12. The van der Waals surface area contributed by atoms with Gasteiger partial charge in [-0.25, -0.2) is 9.59 Å². The van der Waals surface area contributed by atoms with Gasteiger partial charge in [0.05, 0.1) is 18.7 Å². The van der Waals surface area contributed by atoms with Crippen molar-refractivity contribution in [3.63, 3.8) is 0 Å². The fourth-order valence-corrected chi connectivity index (χ4v) is 4.68. The van der Waals surface area contributed by atoms with Crippen molar-refractivity contribution >= 4 is 17.7 Å². The first-order valence-electron chi connectivity index (χ1n) is 12.3. The van der Waals surface area contributed by atoms with Gasteiger partial charge in [-0.1, -0.05) is 6.07 Å². The Bertz CT molecular complexity index is 1090. The number of halogens is 9. The highest BCUT2D eigenvalue weighted by Crippen LogP contribution is 2.38. The van der Waals surface area contributed by atoms with Crippen LogP contribution >= 0.6 is 0 Å². The summed E-state index contributed by atoms with van der Waals surface area (Å²) in [5.74, 6) is -1.27. The van der Waals surface area contributed by atoms with Gasteiger partial charge in [-0.05, 0) is 44.5 Å². The Morgan fingerprint density at radius 2 is 1.66 bits per heavy atom. The maximum absolute atomic E-state index is 13.5. The molecule has 1 unspecified atom stereocenters. The van der Waals surface area contributed by atoms with Crippen LogP contribution in [0.2, 0.25) is 0 Å². The van der Waals surface area contributed by atoms with E-state index in [9.17, 15) is 54.2 Å². The van der Waals surface area contributed by atoms with E-state index in [2.05, 4.69) is 4.74 Å². The van der Waals surface area contributed by atoms with Crippen LogP contribution in [0.3, 0.4) is 0 Å². The number of amides is 1. The molecule has 1 atom stereocenters. The lowest BCUT2D eigenvalue weighted by Gasteiger charge is -2.45.